The van der Waals surface area contributed by atoms with Crippen molar-refractivity contribution >= 4 is 11.0 Å². The zero-order chi connectivity index (χ0) is 14.1. The molecule has 2 heteroatoms. The average molecular weight is 264 g/mol. The molecule has 1 heterocycles. The Morgan fingerprint density at radius 1 is 1.05 bits per heavy atom. The van der Waals surface area contributed by atoms with Crippen LogP contribution in [0.4, 0.5) is 0 Å². The van der Waals surface area contributed by atoms with E-state index in [4.69, 9.17) is 4.42 Å². The molecule has 0 aliphatic carbocycles. The number of benzene rings is 2. The molecule has 0 spiro atoms. The van der Waals surface area contributed by atoms with Gasteiger partial charge in [0.05, 0.1) is 5.56 Å². The number of hydrogen-bond donors (Lipinski definition) is 0. The van der Waals surface area contributed by atoms with Crippen LogP contribution in [0.5, 0.6) is 0 Å². The summed E-state index contributed by atoms with van der Waals surface area (Å²) >= 11 is 0. The van der Waals surface area contributed by atoms with Crippen LogP contribution in [0.3, 0.4) is 0 Å². The molecule has 2 aromatic carbocycles. The van der Waals surface area contributed by atoms with Crippen LogP contribution in [0.2, 0.25) is 0 Å². The number of rotatable bonds is 2. The molecule has 1 aromatic heterocycles. The Balaban J connectivity index is 2.36. The highest BCUT2D eigenvalue weighted by atomic mass is 16.4. The predicted molar refractivity (Wildman–Crippen MR) is 82.0 cm³/mol. The molecule has 0 atom stereocenters. The molecule has 100 valence electrons. The van der Waals surface area contributed by atoms with Gasteiger partial charge in [0.25, 0.3) is 0 Å². The van der Waals surface area contributed by atoms with Crippen LogP contribution in [0, 0.1) is 6.92 Å². The van der Waals surface area contributed by atoms with Crippen molar-refractivity contribution in [2.75, 3.05) is 0 Å². The molecule has 0 saturated heterocycles. The Morgan fingerprint density at radius 3 is 2.50 bits per heavy atom. The van der Waals surface area contributed by atoms with E-state index < -0.39 is 0 Å². The van der Waals surface area contributed by atoms with E-state index in [0.29, 0.717) is 11.1 Å². The van der Waals surface area contributed by atoms with Gasteiger partial charge in [0.2, 0.25) is 0 Å². The molecule has 0 N–H and O–H groups in total. The van der Waals surface area contributed by atoms with Crippen molar-refractivity contribution in [2.24, 2.45) is 0 Å². The highest BCUT2D eigenvalue weighted by Crippen LogP contribution is 2.27. The van der Waals surface area contributed by atoms with Crippen LogP contribution in [-0.2, 0) is 6.42 Å². The van der Waals surface area contributed by atoms with Crippen molar-refractivity contribution in [1.82, 2.24) is 0 Å². The van der Waals surface area contributed by atoms with E-state index in [0.717, 1.165) is 22.9 Å². The quantitative estimate of drug-likeness (QED) is 0.645. The number of hydrogen-bond acceptors (Lipinski definition) is 2. The van der Waals surface area contributed by atoms with Gasteiger partial charge in [-0.1, -0.05) is 43.3 Å². The van der Waals surface area contributed by atoms with Crippen molar-refractivity contribution in [3.63, 3.8) is 0 Å². The highest BCUT2D eigenvalue weighted by molar-refractivity contribution is 5.87. The summed E-state index contributed by atoms with van der Waals surface area (Å²) in [6.07, 6.45) is 0.967. The Labute approximate surface area is 117 Å². The standard InChI is InChI=1S/C18H16O2/c1-3-13-9-10-16-15(11-13)12(2)17(18(19)20-16)14-7-5-4-6-8-14/h4-11H,3H2,1-2H3. The summed E-state index contributed by atoms with van der Waals surface area (Å²) in [6, 6.07) is 15.7. The first-order valence-electron chi connectivity index (χ1n) is 6.82. The van der Waals surface area contributed by atoms with Crippen molar-refractivity contribution < 1.29 is 4.42 Å². The fraction of sp³-hybridized carbons (Fsp3) is 0.167. The summed E-state index contributed by atoms with van der Waals surface area (Å²) in [5.41, 5.74) is 4.18. The first-order valence-corrected chi connectivity index (χ1v) is 6.82. The van der Waals surface area contributed by atoms with Crippen molar-refractivity contribution in [3.8, 4) is 11.1 Å². The van der Waals surface area contributed by atoms with Gasteiger partial charge >= 0.3 is 5.63 Å². The minimum absolute atomic E-state index is 0.273. The van der Waals surface area contributed by atoms with Gasteiger partial charge in [-0.15, -0.1) is 0 Å². The maximum absolute atomic E-state index is 12.2. The predicted octanol–water partition coefficient (Wildman–Crippen LogP) is 4.33. The van der Waals surface area contributed by atoms with Crippen LogP contribution in [0.1, 0.15) is 18.1 Å². The molecule has 0 aliphatic rings. The average Bonchev–Trinajstić information content (AvgIpc) is 2.48. The Hall–Kier alpha value is -2.35. The molecule has 3 rings (SSSR count). The van der Waals surface area contributed by atoms with Crippen LogP contribution >= 0.6 is 0 Å². The Morgan fingerprint density at radius 2 is 1.80 bits per heavy atom. The van der Waals surface area contributed by atoms with Gasteiger partial charge in [-0.05, 0) is 42.2 Å². The van der Waals surface area contributed by atoms with E-state index >= 15 is 0 Å². The van der Waals surface area contributed by atoms with Gasteiger partial charge in [0.15, 0.2) is 0 Å². The smallest absolute Gasteiger partial charge is 0.344 e. The van der Waals surface area contributed by atoms with Gasteiger partial charge in [0.1, 0.15) is 5.58 Å². The molecule has 0 fully saturated rings. The zero-order valence-corrected chi connectivity index (χ0v) is 11.6. The first-order chi connectivity index (χ1) is 9.70. The van der Waals surface area contributed by atoms with E-state index in [-0.39, 0.29) is 5.63 Å². The summed E-state index contributed by atoms with van der Waals surface area (Å²) in [5, 5.41) is 1.02. The number of fused-ring (bicyclic) bond motifs is 1. The molecule has 0 bridgehead atoms. The highest BCUT2D eigenvalue weighted by Gasteiger charge is 2.13. The molecular formula is C18H16O2. The second-order valence-electron chi connectivity index (χ2n) is 4.94. The van der Waals surface area contributed by atoms with Gasteiger partial charge in [-0.3, -0.25) is 0 Å². The lowest BCUT2D eigenvalue weighted by molar-refractivity contribution is 0.562. The normalized spacial score (nSPS) is 10.9. The van der Waals surface area contributed by atoms with E-state index in [2.05, 4.69) is 13.0 Å². The van der Waals surface area contributed by atoms with Crippen LogP contribution < -0.4 is 5.63 Å². The second kappa shape index (κ2) is 4.97. The third-order valence-electron chi connectivity index (χ3n) is 3.70. The first kappa shape index (κ1) is 12.7. The molecule has 0 saturated carbocycles. The Bertz CT molecular complexity index is 814. The lowest BCUT2D eigenvalue weighted by Gasteiger charge is -2.09. The summed E-state index contributed by atoms with van der Waals surface area (Å²) in [4.78, 5) is 12.2. The van der Waals surface area contributed by atoms with Crippen molar-refractivity contribution in [2.45, 2.75) is 20.3 Å². The minimum atomic E-state index is -0.273. The lowest BCUT2D eigenvalue weighted by atomic mass is 9.98. The summed E-state index contributed by atoms with van der Waals surface area (Å²) in [6.45, 7) is 4.11. The molecule has 20 heavy (non-hydrogen) atoms. The van der Waals surface area contributed by atoms with E-state index in [9.17, 15) is 4.79 Å². The van der Waals surface area contributed by atoms with Crippen molar-refractivity contribution in [1.29, 1.82) is 0 Å². The van der Waals surface area contributed by atoms with Gasteiger partial charge in [0, 0.05) is 5.39 Å². The van der Waals surface area contributed by atoms with Crippen LogP contribution in [-0.4, -0.2) is 0 Å². The largest absolute Gasteiger partial charge is 0.422 e. The maximum atomic E-state index is 12.2. The topological polar surface area (TPSA) is 30.2 Å². The monoisotopic (exact) mass is 264 g/mol. The van der Waals surface area contributed by atoms with Gasteiger partial charge < -0.3 is 4.42 Å². The SMILES string of the molecule is CCc1ccc2oc(=O)c(-c3ccccc3)c(C)c2c1. The Kier molecular flexibility index (Phi) is 3.15. The molecular weight excluding hydrogens is 248 g/mol. The molecule has 3 aromatic rings. The molecule has 2 nitrogen and oxygen atoms in total. The van der Waals surface area contributed by atoms with E-state index in [1.54, 1.807) is 0 Å². The summed E-state index contributed by atoms with van der Waals surface area (Å²) in [5.74, 6) is 0. The molecule has 0 amide bonds. The van der Waals surface area contributed by atoms with E-state index in [1.165, 1.54) is 5.56 Å². The van der Waals surface area contributed by atoms with Crippen LogP contribution in [0.15, 0.2) is 57.7 Å². The molecule has 0 aliphatic heterocycles. The van der Waals surface area contributed by atoms with Crippen LogP contribution in [0.25, 0.3) is 22.1 Å². The fourth-order valence-corrected chi connectivity index (χ4v) is 2.56. The van der Waals surface area contributed by atoms with E-state index in [1.807, 2.05) is 49.4 Å². The minimum Gasteiger partial charge on any atom is -0.422 e. The lowest BCUT2D eigenvalue weighted by Crippen LogP contribution is -2.06. The third kappa shape index (κ3) is 2.03. The maximum Gasteiger partial charge on any atom is 0.344 e. The number of aryl methyl sites for hydroxylation is 2. The zero-order valence-electron chi connectivity index (χ0n) is 11.6. The van der Waals surface area contributed by atoms with Gasteiger partial charge in [-0.2, -0.15) is 0 Å². The third-order valence-corrected chi connectivity index (χ3v) is 3.70. The molecule has 0 unspecified atom stereocenters. The molecule has 0 radical (unpaired) electrons. The van der Waals surface area contributed by atoms with Gasteiger partial charge in [-0.25, -0.2) is 4.79 Å². The fourth-order valence-electron chi connectivity index (χ4n) is 2.56. The van der Waals surface area contributed by atoms with Crippen molar-refractivity contribution in [3.05, 3.63) is 70.1 Å². The second-order valence-corrected chi connectivity index (χ2v) is 4.94. The summed E-state index contributed by atoms with van der Waals surface area (Å²) in [7, 11) is 0. The summed E-state index contributed by atoms with van der Waals surface area (Å²) < 4.78 is 5.47.